The molecule has 1 amide bonds. The molecular formula is C23H20ClFN4O3S. The van der Waals surface area contributed by atoms with E-state index >= 15 is 0 Å². The maximum Gasteiger partial charge on any atom is 0.283 e. The lowest BCUT2D eigenvalue weighted by Crippen LogP contribution is -2.35. The number of hydrogen-bond donors (Lipinski definition) is 1. The maximum atomic E-state index is 13.9. The summed E-state index contributed by atoms with van der Waals surface area (Å²) in [5.41, 5.74) is 0.992. The zero-order chi connectivity index (χ0) is 23.5. The van der Waals surface area contributed by atoms with Gasteiger partial charge in [0.2, 0.25) is 5.17 Å². The number of thioether (sulfide) groups is 1. The second-order valence-electron chi connectivity index (χ2n) is 7.01. The van der Waals surface area contributed by atoms with E-state index < -0.39 is 5.91 Å². The van der Waals surface area contributed by atoms with Crippen LogP contribution >= 0.6 is 23.4 Å². The third kappa shape index (κ3) is 4.79. The van der Waals surface area contributed by atoms with Crippen LogP contribution in [0, 0.1) is 11.2 Å². The van der Waals surface area contributed by atoms with Crippen LogP contribution in [0.15, 0.2) is 52.1 Å². The molecule has 2 aromatic carbocycles. The second kappa shape index (κ2) is 9.76. The zero-order valence-electron chi connectivity index (χ0n) is 17.9. The lowest BCUT2D eigenvalue weighted by molar-refractivity contribution is -0.114. The highest BCUT2D eigenvalue weighted by molar-refractivity contribution is 8.26. The Hall–Kier alpha value is -3.17. The van der Waals surface area contributed by atoms with Crippen molar-refractivity contribution in [3.05, 3.63) is 63.9 Å². The first-order valence-corrected chi connectivity index (χ1v) is 11.4. The quantitative estimate of drug-likeness (QED) is 0.523. The number of nitrogens with zero attached hydrogens (tertiary/aromatic N) is 3. The van der Waals surface area contributed by atoms with Gasteiger partial charge in [-0.05, 0) is 54.9 Å². The third-order valence-electron chi connectivity index (χ3n) is 4.77. The summed E-state index contributed by atoms with van der Waals surface area (Å²) in [5, 5.41) is 15.5. The number of halogens is 2. The van der Waals surface area contributed by atoms with Crippen molar-refractivity contribution in [3.8, 4) is 11.5 Å². The number of nitrogens with one attached hydrogen (secondary N) is 1. The lowest BCUT2D eigenvalue weighted by Gasteiger charge is -2.20. The summed E-state index contributed by atoms with van der Waals surface area (Å²) >= 11 is 7.75. The normalized spacial score (nSPS) is 16.6. The van der Waals surface area contributed by atoms with Crippen molar-refractivity contribution in [2.24, 2.45) is 10.1 Å². The van der Waals surface area contributed by atoms with E-state index in [1.807, 2.05) is 13.8 Å². The van der Waals surface area contributed by atoms with Crippen molar-refractivity contribution in [2.45, 2.75) is 26.9 Å². The van der Waals surface area contributed by atoms with Crippen LogP contribution < -0.4 is 9.47 Å². The topological polar surface area (TPSA) is 87.3 Å². The Morgan fingerprint density at radius 3 is 2.76 bits per heavy atom. The summed E-state index contributed by atoms with van der Waals surface area (Å²) in [6.07, 6.45) is 2.20. The number of aliphatic imine (C=N–C) groups is 1. The Balaban J connectivity index is 1.64. The Kier molecular flexibility index (Phi) is 6.80. The molecule has 2 aliphatic heterocycles. The number of carbonyl (C=O) groups excluding carboxylic acids is 1. The molecular weight excluding hydrogens is 467 g/mol. The molecule has 33 heavy (non-hydrogen) atoms. The van der Waals surface area contributed by atoms with Gasteiger partial charge in [-0.15, -0.1) is 0 Å². The van der Waals surface area contributed by atoms with Gasteiger partial charge >= 0.3 is 0 Å². The molecule has 1 N–H and O–H groups in total. The van der Waals surface area contributed by atoms with Crippen LogP contribution in [0.5, 0.6) is 11.5 Å². The van der Waals surface area contributed by atoms with E-state index in [4.69, 9.17) is 26.5 Å². The molecule has 0 spiro atoms. The van der Waals surface area contributed by atoms with Crippen LogP contribution in [0.4, 0.5) is 4.39 Å². The molecule has 2 heterocycles. The molecule has 2 aliphatic rings. The summed E-state index contributed by atoms with van der Waals surface area (Å²) in [6.45, 7) is 4.07. The minimum atomic E-state index is -0.528. The summed E-state index contributed by atoms with van der Waals surface area (Å²) in [5.74, 6) is -0.357. The first-order valence-electron chi connectivity index (χ1n) is 10.2. The van der Waals surface area contributed by atoms with Gasteiger partial charge in [-0.25, -0.2) is 4.39 Å². The maximum absolute atomic E-state index is 13.9. The Morgan fingerprint density at radius 2 is 2.03 bits per heavy atom. The molecule has 0 saturated heterocycles. The van der Waals surface area contributed by atoms with Crippen LogP contribution in [0.1, 0.15) is 31.4 Å². The molecule has 0 radical (unpaired) electrons. The van der Waals surface area contributed by atoms with Crippen molar-refractivity contribution in [1.29, 1.82) is 5.41 Å². The van der Waals surface area contributed by atoms with Gasteiger partial charge < -0.3 is 9.47 Å². The molecule has 4 rings (SSSR count). The van der Waals surface area contributed by atoms with Crippen LogP contribution in [0.2, 0.25) is 5.02 Å². The molecule has 0 fully saturated rings. The fourth-order valence-electron chi connectivity index (χ4n) is 3.18. The van der Waals surface area contributed by atoms with Crippen LogP contribution in [0.25, 0.3) is 6.08 Å². The number of fused-ring (bicyclic) bond motifs is 1. The predicted molar refractivity (Wildman–Crippen MR) is 129 cm³/mol. The molecule has 170 valence electrons. The predicted octanol–water partition coefficient (Wildman–Crippen LogP) is 5.49. The Labute approximate surface area is 199 Å². The number of rotatable bonds is 7. The molecule has 0 bridgehead atoms. The average molecular weight is 487 g/mol. The van der Waals surface area contributed by atoms with E-state index in [1.165, 1.54) is 28.9 Å². The minimum absolute atomic E-state index is 0.0298. The summed E-state index contributed by atoms with van der Waals surface area (Å²) in [4.78, 5) is 16.6. The van der Waals surface area contributed by atoms with E-state index in [2.05, 4.69) is 10.1 Å². The molecule has 2 aromatic rings. The van der Waals surface area contributed by atoms with E-state index in [-0.39, 0.29) is 34.6 Å². The number of hydrazone groups is 1. The van der Waals surface area contributed by atoms with E-state index in [0.29, 0.717) is 35.1 Å². The molecule has 10 heteroatoms. The van der Waals surface area contributed by atoms with E-state index in [1.54, 1.807) is 30.3 Å². The first kappa shape index (κ1) is 23.0. The van der Waals surface area contributed by atoms with Crippen molar-refractivity contribution in [2.75, 3.05) is 6.61 Å². The second-order valence-corrected chi connectivity index (χ2v) is 8.46. The monoisotopic (exact) mass is 486 g/mol. The van der Waals surface area contributed by atoms with Crippen molar-refractivity contribution >= 4 is 51.4 Å². The van der Waals surface area contributed by atoms with Gasteiger partial charge in [0.25, 0.3) is 5.91 Å². The minimum Gasteiger partial charge on any atom is -0.490 e. The largest absolute Gasteiger partial charge is 0.490 e. The molecule has 0 saturated carbocycles. The first-order chi connectivity index (χ1) is 15.9. The number of carbonyl (C=O) groups is 1. The highest BCUT2D eigenvalue weighted by Gasteiger charge is 2.35. The summed E-state index contributed by atoms with van der Waals surface area (Å²) in [7, 11) is 0. The van der Waals surface area contributed by atoms with Crippen LogP contribution in [0.3, 0.4) is 0 Å². The molecule has 0 aliphatic carbocycles. The Bertz CT molecular complexity index is 1230. The van der Waals surface area contributed by atoms with Gasteiger partial charge in [0.15, 0.2) is 17.3 Å². The fraction of sp³-hybridized carbons (Fsp3) is 0.217. The standard InChI is InChI=1S/C23H20ClFN4O3S/c1-3-19-28-29-21(26)15(22(30)27-23(29)33-19)9-13-10-16(24)20(18(11-13)31-4-2)32-12-14-7-5-6-8-17(14)25/h5-11,26H,3-4,12H2,1-2H3/b15-9-,26-21?. The van der Waals surface area contributed by atoms with Gasteiger partial charge in [-0.2, -0.15) is 15.1 Å². The van der Waals surface area contributed by atoms with Crippen molar-refractivity contribution < 1.29 is 18.7 Å². The number of benzene rings is 2. The van der Waals surface area contributed by atoms with Crippen LogP contribution in [-0.2, 0) is 11.4 Å². The molecule has 0 atom stereocenters. The van der Waals surface area contributed by atoms with Crippen molar-refractivity contribution in [1.82, 2.24) is 5.01 Å². The van der Waals surface area contributed by atoms with Gasteiger partial charge in [0.1, 0.15) is 17.5 Å². The number of amidine groups is 2. The fourth-order valence-corrected chi connectivity index (χ4v) is 4.28. The number of hydrogen-bond acceptors (Lipinski definition) is 6. The van der Waals surface area contributed by atoms with E-state index in [9.17, 15) is 9.18 Å². The molecule has 0 aromatic heterocycles. The van der Waals surface area contributed by atoms with E-state index in [0.717, 1.165) is 5.04 Å². The molecule has 0 unspecified atom stereocenters. The Morgan fingerprint density at radius 1 is 1.24 bits per heavy atom. The average Bonchev–Trinajstić information content (AvgIpc) is 3.20. The highest BCUT2D eigenvalue weighted by atomic mass is 35.5. The van der Waals surface area contributed by atoms with Crippen molar-refractivity contribution in [3.63, 3.8) is 0 Å². The number of ether oxygens (including phenoxy) is 2. The lowest BCUT2D eigenvalue weighted by atomic mass is 10.1. The van der Waals surface area contributed by atoms with Gasteiger partial charge in [0.05, 0.1) is 17.2 Å². The SMILES string of the molecule is CCOc1cc(/C=C2/C(=N)N3N=C(CC)SC3=NC2=O)cc(Cl)c1OCc1ccccc1F. The highest BCUT2D eigenvalue weighted by Crippen LogP contribution is 2.38. The smallest absolute Gasteiger partial charge is 0.283 e. The molecule has 7 nitrogen and oxygen atoms in total. The van der Waals surface area contributed by atoms with Gasteiger partial charge in [0, 0.05) is 5.56 Å². The van der Waals surface area contributed by atoms with Gasteiger partial charge in [-0.1, -0.05) is 36.7 Å². The summed E-state index contributed by atoms with van der Waals surface area (Å²) in [6, 6.07) is 9.55. The number of amides is 1. The summed E-state index contributed by atoms with van der Waals surface area (Å²) < 4.78 is 25.4. The zero-order valence-corrected chi connectivity index (χ0v) is 19.5. The van der Waals surface area contributed by atoms with Gasteiger partial charge in [-0.3, -0.25) is 10.2 Å². The van der Waals surface area contributed by atoms with Crippen LogP contribution in [-0.4, -0.2) is 33.6 Å². The third-order valence-corrected chi connectivity index (χ3v) is 6.10.